The zero-order chi connectivity index (χ0) is 20.3. The van der Waals surface area contributed by atoms with Crippen molar-refractivity contribution in [3.05, 3.63) is 87.1 Å². The number of Topliss-reactive ketones (excluding diaryl/α,β-unsaturated/α-hetero) is 1. The number of hydrogen-bond donors (Lipinski definition) is 0. The number of aryl methyl sites for hydroxylation is 3. The Labute approximate surface area is 165 Å². The zero-order valence-electron chi connectivity index (χ0n) is 16.9. The molecule has 1 aromatic carbocycles. The molecule has 3 aromatic rings. The van der Waals surface area contributed by atoms with Gasteiger partial charge in [0, 0.05) is 35.8 Å². The van der Waals surface area contributed by atoms with Crippen LogP contribution in [0.15, 0.2) is 53.5 Å². The Morgan fingerprint density at radius 3 is 2.39 bits per heavy atom. The SMILES string of the molecule is COc1ccc(CCn2c(C)cc(C(=O)Cn3ccc(C)cc3=O)c2C)cc1. The number of carbonyl (C=O) groups excluding carboxylic acids is 1. The van der Waals surface area contributed by atoms with E-state index in [0.717, 1.165) is 35.7 Å². The normalized spacial score (nSPS) is 10.9. The van der Waals surface area contributed by atoms with E-state index in [1.54, 1.807) is 19.4 Å². The van der Waals surface area contributed by atoms with E-state index in [-0.39, 0.29) is 17.9 Å². The maximum absolute atomic E-state index is 12.8. The fourth-order valence-corrected chi connectivity index (χ4v) is 3.44. The molecule has 0 saturated heterocycles. The van der Waals surface area contributed by atoms with Crippen molar-refractivity contribution in [2.24, 2.45) is 0 Å². The molecule has 0 radical (unpaired) electrons. The Morgan fingerprint density at radius 1 is 1.04 bits per heavy atom. The van der Waals surface area contributed by atoms with Crippen LogP contribution in [-0.4, -0.2) is 22.0 Å². The fraction of sp³-hybridized carbons (Fsp3) is 0.304. The van der Waals surface area contributed by atoms with Gasteiger partial charge < -0.3 is 13.9 Å². The summed E-state index contributed by atoms with van der Waals surface area (Å²) in [5, 5.41) is 0. The van der Waals surface area contributed by atoms with Crippen LogP contribution in [-0.2, 0) is 19.5 Å². The summed E-state index contributed by atoms with van der Waals surface area (Å²) in [6.07, 6.45) is 2.55. The van der Waals surface area contributed by atoms with Crippen molar-refractivity contribution >= 4 is 5.78 Å². The third-order valence-corrected chi connectivity index (χ3v) is 5.12. The summed E-state index contributed by atoms with van der Waals surface area (Å²) in [6, 6.07) is 13.3. The van der Waals surface area contributed by atoms with Crippen LogP contribution in [0, 0.1) is 20.8 Å². The van der Waals surface area contributed by atoms with Gasteiger partial charge in [-0.2, -0.15) is 0 Å². The number of carbonyl (C=O) groups is 1. The number of ketones is 1. The molecule has 0 spiro atoms. The molecule has 0 aliphatic carbocycles. The lowest BCUT2D eigenvalue weighted by Crippen LogP contribution is -2.23. The van der Waals surface area contributed by atoms with E-state index in [2.05, 4.69) is 16.7 Å². The number of benzene rings is 1. The molecule has 3 rings (SSSR count). The maximum Gasteiger partial charge on any atom is 0.251 e. The summed E-state index contributed by atoms with van der Waals surface area (Å²) < 4.78 is 8.82. The lowest BCUT2D eigenvalue weighted by atomic mass is 10.1. The molecule has 2 heterocycles. The number of nitrogens with zero attached hydrogens (tertiary/aromatic N) is 2. The minimum atomic E-state index is -0.151. The summed E-state index contributed by atoms with van der Waals surface area (Å²) in [4.78, 5) is 24.9. The van der Waals surface area contributed by atoms with Gasteiger partial charge in [-0.15, -0.1) is 0 Å². The Morgan fingerprint density at radius 2 is 1.75 bits per heavy atom. The highest BCUT2D eigenvalue weighted by Crippen LogP contribution is 2.18. The summed E-state index contributed by atoms with van der Waals surface area (Å²) in [7, 11) is 1.66. The van der Waals surface area contributed by atoms with Gasteiger partial charge in [0.2, 0.25) is 0 Å². The van der Waals surface area contributed by atoms with Gasteiger partial charge in [0.1, 0.15) is 5.75 Å². The van der Waals surface area contributed by atoms with Crippen molar-refractivity contribution in [3.8, 4) is 5.75 Å². The third kappa shape index (κ3) is 4.25. The van der Waals surface area contributed by atoms with Crippen LogP contribution in [0.25, 0.3) is 0 Å². The van der Waals surface area contributed by atoms with Gasteiger partial charge in [0.25, 0.3) is 5.56 Å². The number of methoxy groups -OCH3 is 1. The molecule has 0 saturated carbocycles. The van der Waals surface area contributed by atoms with Gasteiger partial charge in [0.05, 0.1) is 13.7 Å². The van der Waals surface area contributed by atoms with E-state index >= 15 is 0 Å². The lowest BCUT2D eigenvalue weighted by Gasteiger charge is -2.11. The average Bonchev–Trinajstić information content (AvgIpc) is 2.96. The Kier molecular flexibility index (Phi) is 5.83. The first-order valence-electron chi connectivity index (χ1n) is 9.39. The second-order valence-corrected chi connectivity index (χ2v) is 7.13. The number of hydrogen-bond acceptors (Lipinski definition) is 3. The van der Waals surface area contributed by atoms with Gasteiger partial charge in [-0.05, 0) is 62.6 Å². The Bertz CT molecular complexity index is 1040. The number of ether oxygens (including phenoxy) is 1. The quantitative estimate of drug-likeness (QED) is 0.589. The molecule has 146 valence electrons. The molecule has 0 N–H and O–H groups in total. The van der Waals surface area contributed by atoms with Crippen molar-refractivity contribution in [2.75, 3.05) is 7.11 Å². The minimum Gasteiger partial charge on any atom is -0.497 e. The van der Waals surface area contributed by atoms with Crippen LogP contribution < -0.4 is 10.3 Å². The second-order valence-electron chi connectivity index (χ2n) is 7.13. The predicted molar refractivity (Wildman–Crippen MR) is 110 cm³/mol. The molecule has 0 amide bonds. The van der Waals surface area contributed by atoms with E-state index in [9.17, 15) is 9.59 Å². The van der Waals surface area contributed by atoms with E-state index in [0.29, 0.717) is 5.56 Å². The molecule has 0 fully saturated rings. The summed E-state index contributed by atoms with van der Waals surface area (Å²) in [6.45, 7) is 6.69. The monoisotopic (exact) mass is 378 g/mol. The molecular weight excluding hydrogens is 352 g/mol. The smallest absolute Gasteiger partial charge is 0.251 e. The molecule has 2 aromatic heterocycles. The van der Waals surface area contributed by atoms with Crippen LogP contribution in [0.3, 0.4) is 0 Å². The zero-order valence-corrected chi connectivity index (χ0v) is 16.9. The molecule has 5 heteroatoms. The van der Waals surface area contributed by atoms with Crippen molar-refractivity contribution in [1.29, 1.82) is 0 Å². The third-order valence-electron chi connectivity index (χ3n) is 5.12. The highest BCUT2D eigenvalue weighted by molar-refractivity contribution is 5.97. The van der Waals surface area contributed by atoms with E-state index in [4.69, 9.17) is 4.74 Å². The van der Waals surface area contributed by atoms with Crippen molar-refractivity contribution in [2.45, 2.75) is 40.3 Å². The number of rotatable bonds is 7. The Balaban J connectivity index is 1.74. The minimum absolute atomic E-state index is 0.0465. The van der Waals surface area contributed by atoms with Crippen LogP contribution in [0.4, 0.5) is 0 Å². The first kappa shape index (κ1) is 19.7. The van der Waals surface area contributed by atoms with Crippen molar-refractivity contribution in [1.82, 2.24) is 9.13 Å². The van der Waals surface area contributed by atoms with Gasteiger partial charge in [-0.3, -0.25) is 9.59 Å². The largest absolute Gasteiger partial charge is 0.497 e. The summed E-state index contributed by atoms with van der Waals surface area (Å²) in [5.74, 6) is 0.797. The van der Waals surface area contributed by atoms with E-state index in [1.165, 1.54) is 10.1 Å². The van der Waals surface area contributed by atoms with E-state index in [1.807, 2.05) is 45.0 Å². The van der Waals surface area contributed by atoms with Crippen LogP contribution in [0.1, 0.15) is 32.9 Å². The predicted octanol–water partition coefficient (Wildman–Crippen LogP) is 3.71. The fourth-order valence-electron chi connectivity index (χ4n) is 3.44. The molecule has 0 atom stereocenters. The maximum atomic E-state index is 12.8. The van der Waals surface area contributed by atoms with Crippen molar-refractivity contribution < 1.29 is 9.53 Å². The topological polar surface area (TPSA) is 53.2 Å². The van der Waals surface area contributed by atoms with Crippen LogP contribution >= 0.6 is 0 Å². The molecule has 5 nitrogen and oxygen atoms in total. The standard InChI is InChI=1S/C23H26N2O3/c1-16-9-11-24(23(27)13-16)15-22(26)21-14-17(2)25(18(21)3)12-10-19-5-7-20(28-4)8-6-19/h5-9,11,13-14H,10,12,15H2,1-4H3. The second kappa shape index (κ2) is 8.30. The lowest BCUT2D eigenvalue weighted by molar-refractivity contribution is 0.0970. The molecule has 28 heavy (non-hydrogen) atoms. The molecule has 0 unspecified atom stereocenters. The molecular formula is C23H26N2O3. The highest BCUT2D eigenvalue weighted by Gasteiger charge is 2.16. The van der Waals surface area contributed by atoms with Crippen molar-refractivity contribution in [3.63, 3.8) is 0 Å². The number of aromatic nitrogens is 2. The summed E-state index contributed by atoms with van der Waals surface area (Å²) >= 11 is 0. The Hall–Kier alpha value is -3.08. The van der Waals surface area contributed by atoms with E-state index < -0.39 is 0 Å². The first-order valence-corrected chi connectivity index (χ1v) is 9.39. The highest BCUT2D eigenvalue weighted by atomic mass is 16.5. The number of pyridine rings is 1. The van der Waals surface area contributed by atoms with Crippen LogP contribution in [0.5, 0.6) is 5.75 Å². The molecule has 0 bridgehead atoms. The van der Waals surface area contributed by atoms with Gasteiger partial charge >= 0.3 is 0 Å². The molecule has 0 aliphatic rings. The van der Waals surface area contributed by atoms with Gasteiger partial charge in [0.15, 0.2) is 5.78 Å². The van der Waals surface area contributed by atoms with Gasteiger partial charge in [-0.1, -0.05) is 12.1 Å². The van der Waals surface area contributed by atoms with Crippen LogP contribution in [0.2, 0.25) is 0 Å². The van der Waals surface area contributed by atoms with Gasteiger partial charge in [-0.25, -0.2) is 0 Å². The molecule has 0 aliphatic heterocycles. The first-order chi connectivity index (χ1) is 13.4. The average molecular weight is 378 g/mol. The summed E-state index contributed by atoms with van der Waals surface area (Å²) in [5.41, 5.74) is 4.63.